The van der Waals surface area contributed by atoms with Crippen molar-refractivity contribution >= 4 is 28.6 Å². The smallest absolute Gasteiger partial charge is 0.311 e. The Bertz CT molecular complexity index is 217. The van der Waals surface area contributed by atoms with Crippen molar-refractivity contribution in [1.29, 1.82) is 0 Å². The minimum absolute atomic E-state index is 0.00479. The molecule has 1 aliphatic carbocycles. The minimum atomic E-state index is -0.105. The molecule has 0 N–H and O–H groups in total. The van der Waals surface area contributed by atoms with Gasteiger partial charge < -0.3 is 9.47 Å². The van der Waals surface area contributed by atoms with Gasteiger partial charge in [0.25, 0.3) is 0 Å². The highest BCUT2D eigenvalue weighted by Crippen LogP contribution is 2.50. The van der Waals surface area contributed by atoms with Crippen LogP contribution >= 0.6 is 22.6 Å². The van der Waals surface area contributed by atoms with Crippen LogP contribution in [0, 0.1) is 11.8 Å². The van der Waals surface area contributed by atoms with Gasteiger partial charge in [-0.15, -0.1) is 0 Å². The molecule has 2 saturated heterocycles. The number of alkyl halides is 1. The lowest BCUT2D eigenvalue weighted by Gasteiger charge is -2.53. The number of hydrogen-bond donors (Lipinski definition) is 0. The second-order valence-corrected chi connectivity index (χ2v) is 4.69. The highest BCUT2D eigenvalue weighted by atomic mass is 127. The standard InChI is InChI=1S/C9H13IO3/c1-12-8(11)7-4-13-9(5-10)2-6(7)3-9/h6-7H,2-5H2,1H3. The molecular weight excluding hydrogens is 283 g/mol. The number of rotatable bonds is 2. The molecule has 0 amide bonds. The lowest BCUT2D eigenvalue weighted by Crippen LogP contribution is -2.58. The van der Waals surface area contributed by atoms with Gasteiger partial charge >= 0.3 is 5.97 Å². The fourth-order valence-electron chi connectivity index (χ4n) is 2.26. The van der Waals surface area contributed by atoms with Crippen LogP contribution < -0.4 is 0 Å². The van der Waals surface area contributed by atoms with Gasteiger partial charge in [-0.25, -0.2) is 0 Å². The van der Waals surface area contributed by atoms with Gasteiger partial charge in [-0.1, -0.05) is 22.6 Å². The van der Waals surface area contributed by atoms with Crippen molar-refractivity contribution in [2.45, 2.75) is 18.4 Å². The third kappa shape index (κ3) is 1.48. The van der Waals surface area contributed by atoms with Crippen LogP contribution in [0.25, 0.3) is 0 Å². The monoisotopic (exact) mass is 296 g/mol. The van der Waals surface area contributed by atoms with Crippen molar-refractivity contribution in [2.75, 3.05) is 18.1 Å². The van der Waals surface area contributed by atoms with Gasteiger partial charge in [-0.3, -0.25) is 4.79 Å². The van der Waals surface area contributed by atoms with Crippen LogP contribution in [-0.4, -0.2) is 29.7 Å². The van der Waals surface area contributed by atoms with Gasteiger partial charge in [0, 0.05) is 4.43 Å². The Labute approximate surface area is 91.3 Å². The van der Waals surface area contributed by atoms with E-state index >= 15 is 0 Å². The fourth-order valence-corrected chi connectivity index (χ4v) is 3.10. The molecule has 2 bridgehead atoms. The van der Waals surface area contributed by atoms with E-state index in [0.29, 0.717) is 12.5 Å². The maximum atomic E-state index is 11.3. The number of ether oxygens (including phenoxy) is 2. The molecule has 0 aromatic carbocycles. The van der Waals surface area contributed by atoms with E-state index in [1.165, 1.54) is 7.11 Å². The topological polar surface area (TPSA) is 35.5 Å². The number of esters is 1. The normalized spacial score (nSPS) is 42.3. The number of carbonyl (C=O) groups excluding carboxylic acids is 1. The lowest BCUT2D eigenvalue weighted by molar-refractivity contribution is -0.204. The molecule has 0 aromatic heterocycles. The maximum Gasteiger partial charge on any atom is 0.311 e. The molecule has 3 rings (SSSR count). The second kappa shape index (κ2) is 3.38. The number of halogens is 1. The second-order valence-electron chi connectivity index (χ2n) is 3.93. The highest BCUT2D eigenvalue weighted by Gasteiger charge is 2.54. The van der Waals surface area contributed by atoms with Crippen molar-refractivity contribution in [1.82, 2.24) is 0 Å². The first-order valence-electron chi connectivity index (χ1n) is 4.48. The number of methoxy groups -OCH3 is 1. The lowest BCUT2D eigenvalue weighted by atomic mass is 9.64. The fraction of sp³-hybridized carbons (Fsp3) is 0.889. The molecule has 2 heterocycles. The highest BCUT2D eigenvalue weighted by molar-refractivity contribution is 14.1. The summed E-state index contributed by atoms with van der Waals surface area (Å²) in [5.41, 5.74) is 0.107. The molecule has 4 heteroatoms. The summed E-state index contributed by atoms with van der Waals surface area (Å²) < 4.78 is 11.5. The third-order valence-electron chi connectivity index (χ3n) is 3.15. The minimum Gasteiger partial charge on any atom is -0.469 e. The summed E-state index contributed by atoms with van der Waals surface area (Å²) in [6.45, 7) is 0.556. The van der Waals surface area contributed by atoms with Crippen LogP contribution in [0.15, 0.2) is 0 Å². The average Bonchev–Trinajstić information content (AvgIpc) is 2.15. The van der Waals surface area contributed by atoms with Gasteiger partial charge in [-0.2, -0.15) is 0 Å². The predicted molar refractivity (Wildman–Crippen MR) is 55.8 cm³/mol. The summed E-state index contributed by atoms with van der Waals surface area (Å²) in [6.07, 6.45) is 2.07. The summed E-state index contributed by atoms with van der Waals surface area (Å²) in [5.74, 6) is 0.401. The SMILES string of the molecule is COC(=O)C1COC2(CI)CC1C2. The van der Waals surface area contributed by atoms with E-state index in [0.717, 1.165) is 17.3 Å². The Balaban J connectivity index is 1.97. The van der Waals surface area contributed by atoms with Crippen molar-refractivity contribution in [2.24, 2.45) is 11.8 Å². The van der Waals surface area contributed by atoms with Gasteiger partial charge in [0.15, 0.2) is 0 Å². The van der Waals surface area contributed by atoms with Gasteiger partial charge in [0.2, 0.25) is 0 Å². The van der Waals surface area contributed by atoms with Gasteiger partial charge in [0.05, 0.1) is 25.2 Å². The summed E-state index contributed by atoms with van der Waals surface area (Å²) in [5, 5.41) is 0. The molecule has 0 aromatic rings. The first kappa shape index (κ1) is 9.71. The molecule has 3 fully saturated rings. The summed E-state index contributed by atoms with van der Waals surface area (Å²) in [4.78, 5) is 11.3. The Kier molecular flexibility index (Phi) is 2.53. The molecule has 1 atom stereocenters. The number of carbonyl (C=O) groups is 1. The first-order valence-corrected chi connectivity index (χ1v) is 6.01. The molecule has 74 valence electrons. The van der Waals surface area contributed by atoms with Gasteiger partial charge in [-0.05, 0) is 18.8 Å². The molecule has 3 aliphatic rings. The largest absolute Gasteiger partial charge is 0.469 e. The predicted octanol–water partition coefficient (Wildman–Crippen LogP) is 1.39. The zero-order valence-electron chi connectivity index (χ0n) is 7.59. The Hall–Kier alpha value is 0.160. The Morgan fingerprint density at radius 3 is 2.77 bits per heavy atom. The molecule has 0 radical (unpaired) electrons. The molecule has 0 spiro atoms. The van der Waals surface area contributed by atoms with E-state index in [9.17, 15) is 4.79 Å². The average molecular weight is 296 g/mol. The number of hydrogen-bond acceptors (Lipinski definition) is 3. The van der Waals surface area contributed by atoms with Crippen LogP contribution in [0.2, 0.25) is 0 Å². The van der Waals surface area contributed by atoms with E-state index in [-0.39, 0.29) is 17.5 Å². The molecular formula is C9H13IO3. The quantitative estimate of drug-likeness (QED) is 0.439. The maximum absolute atomic E-state index is 11.3. The summed E-state index contributed by atoms with van der Waals surface area (Å²) in [6, 6.07) is 0. The third-order valence-corrected chi connectivity index (χ3v) is 4.54. The molecule has 3 nitrogen and oxygen atoms in total. The molecule has 2 aliphatic heterocycles. The van der Waals surface area contributed by atoms with Crippen molar-refractivity contribution < 1.29 is 14.3 Å². The zero-order valence-corrected chi connectivity index (χ0v) is 9.74. The molecule has 1 unspecified atom stereocenters. The van der Waals surface area contributed by atoms with Crippen LogP contribution in [0.5, 0.6) is 0 Å². The van der Waals surface area contributed by atoms with Crippen LogP contribution in [0.1, 0.15) is 12.8 Å². The Morgan fingerprint density at radius 1 is 1.69 bits per heavy atom. The van der Waals surface area contributed by atoms with Crippen LogP contribution in [-0.2, 0) is 14.3 Å². The van der Waals surface area contributed by atoms with Crippen molar-refractivity contribution in [3.63, 3.8) is 0 Å². The van der Waals surface area contributed by atoms with Crippen LogP contribution in [0.3, 0.4) is 0 Å². The van der Waals surface area contributed by atoms with Crippen molar-refractivity contribution in [3.8, 4) is 0 Å². The van der Waals surface area contributed by atoms with Crippen molar-refractivity contribution in [3.05, 3.63) is 0 Å². The van der Waals surface area contributed by atoms with E-state index in [1.807, 2.05) is 0 Å². The van der Waals surface area contributed by atoms with E-state index < -0.39 is 0 Å². The van der Waals surface area contributed by atoms with Gasteiger partial charge in [0.1, 0.15) is 0 Å². The molecule has 13 heavy (non-hydrogen) atoms. The summed E-state index contributed by atoms with van der Waals surface area (Å²) in [7, 11) is 1.45. The number of fused-ring (bicyclic) bond motifs is 2. The molecule has 1 saturated carbocycles. The summed E-state index contributed by atoms with van der Waals surface area (Å²) >= 11 is 2.35. The Morgan fingerprint density at radius 2 is 2.38 bits per heavy atom. The van der Waals surface area contributed by atoms with Crippen LogP contribution in [0.4, 0.5) is 0 Å². The zero-order chi connectivity index (χ0) is 9.47. The first-order chi connectivity index (χ1) is 6.21. The van der Waals surface area contributed by atoms with E-state index in [2.05, 4.69) is 22.6 Å². The van der Waals surface area contributed by atoms with E-state index in [4.69, 9.17) is 9.47 Å². The van der Waals surface area contributed by atoms with E-state index in [1.54, 1.807) is 0 Å².